The number of hydrogen-bond donors (Lipinski definition) is 0. The number of ether oxygens (including phenoxy) is 2. The van der Waals surface area contributed by atoms with Crippen LogP contribution in [0.3, 0.4) is 0 Å². The van der Waals surface area contributed by atoms with Crippen LogP contribution in [0.2, 0.25) is 0 Å². The molecule has 0 bridgehead atoms. The normalized spacial score (nSPS) is 12.1. The molecule has 1 aromatic carbocycles. The fourth-order valence-electron chi connectivity index (χ4n) is 3.73. The third kappa shape index (κ3) is 3.94. The van der Waals surface area contributed by atoms with Crippen molar-refractivity contribution < 1.29 is 9.47 Å². The van der Waals surface area contributed by atoms with Crippen LogP contribution in [0.25, 0.3) is 33.5 Å². The standard InChI is InChI=1S/C24H24N8O2/c1-5-32-13-19(28-30-32)15(2)34-24-20(33-4)11-18-23(27-24)22(26-14-25-18)17-12-31(3)29-21(17)16-9-7-6-8-10-16/h6-15H,5H2,1-4H3. The van der Waals surface area contributed by atoms with Gasteiger partial charge in [-0.15, -0.1) is 5.10 Å². The predicted octanol–water partition coefficient (Wildman–Crippen LogP) is 3.85. The zero-order valence-corrected chi connectivity index (χ0v) is 19.4. The second-order valence-corrected chi connectivity index (χ2v) is 7.78. The lowest BCUT2D eigenvalue weighted by atomic mass is 10.0. The number of aromatic nitrogens is 8. The Hall–Kier alpha value is -4.34. The summed E-state index contributed by atoms with van der Waals surface area (Å²) in [5.74, 6) is 0.802. The van der Waals surface area contributed by atoms with E-state index in [1.807, 2.05) is 63.6 Å². The largest absolute Gasteiger partial charge is 0.491 e. The van der Waals surface area contributed by atoms with Crippen LogP contribution < -0.4 is 9.47 Å². The van der Waals surface area contributed by atoms with Crippen molar-refractivity contribution in [1.29, 1.82) is 0 Å². The number of aryl methyl sites for hydroxylation is 2. The van der Waals surface area contributed by atoms with Crippen LogP contribution in [0.4, 0.5) is 0 Å². The second kappa shape index (κ2) is 8.89. The fourth-order valence-corrected chi connectivity index (χ4v) is 3.73. The molecule has 1 unspecified atom stereocenters. The highest BCUT2D eigenvalue weighted by Crippen LogP contribution is 2.37. The first-order valence-corrected chi connectivity index (χ1v) is 10.9. The van der Waals surface area contributed by atoms with Gasteiger partial charge < -0.3 is 9.47 Å². The van der Waals surface area contributed by atoms with Gasteiger partial charge in [0.2, 0.25) is 0 Å². The average molecular weight is 457 g/mol. The van der Waals surface area contributed by atoms with Crippen molar-refractivity contribution >= 4 is 11.0 Å². The van der Waals surface area contributed by atoms with Crippen LogP contribution in [0, 0.1) is 0 Å². The highest BCUT2D eigenvalue weighted by molar-refractivity contribution is 5.94. The van der Waals surface area contributed by atoms with E-state index in [2.05, 4.69) is 25.4 Å². The number of methoxy groups -OCH3 is 1. The molecular weight excluding hydrogens is 432 g/mol. The molecule has 0 aliphatic heterocycles. The van der Waals surface area contributed by atoms with Crippen molar-refractivity contribution in [2.24, 2.45) is 7.05 Å². The molecule has 0 spiro atoms. The van der Waals surface area contributed by atoms with Gasteiger partial charge in [-0.05, 0) is 13.8 Å². The maximum atomic E-state index is 6.17. The summed E-state index contributed by atoms with van der Waals surface area (Å²) in [6.07, 6.45) is 4.93. The number of nitrogens with zero attached hydrogens (tertiary/aromatic N) is 8. The molecule has 0 aliphatic rings. The highest BCUT2D eigenvalue weighted by Gasteiger charge is 2.21. The van der Waals surface area contributed by atoms with E-state index in [9.17, 15) is 0 Å². The van der Waals surface area contributed by atoms with Crippen LogP contribution in [-0.2, 0) is 13.6 Å². The minimum Gasteiger partial charge on any atom is -0.491 e. The third-order valence-electron chi connectivity index (χ3n) is 5.48. The molecule has 0 aliphatic carbocycles. The maximum Gasteiger partial charge on any atom is 0.258 e. The first kappa shape index (κ1) is 21.5. The number of pyridine rings is 1. The minimum atomic E-state index is -0.384. The molecule has 0 saturated heterocycles. The van der Waals surface area contributed by atoms with E-state index in [1.54, 1.807) is 22.5 Å². The van der Waals surface area contributed by atoms with Gasteiger partial charge in [0.15, 0.2) is 5.75 Å². The van der Waals surface area contributed by atoms with Gasteiger partial charge in [0.05, 0.1) is 18.8 Å². The SMILES string of the molecule is CCn1cc(C(C)Oc2nc3c(-c4cn(C)nc4-c4ccccc4)ncnc3cc2OC)nn1. The van der Waals surface area contributed by atoms with E-state index in [1.165, 1.54) is 6.33 Å². The van der Waals surface area contributed by atoms with Crippen molar-refractivity contribution in [3.05, 3.63) is 60.8 Å². The molecule has 0 radical (unpaired) electrons. The van der Waals surface area contributed by atoms with Gasteiger partial charge >= 0.3 is 0 Å². The zero-order valence-electron chi connectivity index (χ0n) is 19.4. The molecule has 172 valence electrons. The van der Waals surface area contributed by atoms with Gasteiger partial charge in [0.1, 0.15) is 35.0 Å². The lowest BCUT2D eigenvalue weighted by molar-refractivity contribution is 0.202. The van der Waals surface area contributed by atoms with Crippen LogP contribution in [0.15, 0.2) is 55.1 Å². The summed E-state index contributed by atoms with van der Waals surface area (Å²) in [6.45, 7) is 4.63. The molecule has 4 heterocycles. The molecule has 34 heavy (non-hydrogen) atoms. The Morgan fingerprint density at radius 2 is 1.88 bits per heavy atom. The summed E-state index contributed by atoms with van der Waals surface area (Å²) in [5.41, 5.74) is 5.25. The molecule has 0 saturated carbocycles. The van der Waals surface area contributed by atoms with Crippen LogP contribution >= 0.6 is 0 Å². The molecule has 10 nitrogen and oxygen atoms in total. The maximum absolute atomic E-state index is 6.17. The minimum absolute atomic E-state index is 0.328. The molecular formula is C24H24N8O2. The molecule has 4 aromatic heterocycles. The Kier molecular flexibility index (Phi) is 5.62. The van der Waals surface area contributed by atoms with Crippen molar-refractivity contribution in [2.75, 3.05) is 7.11 Å². The van der Waals surface area contributed by atoms with Crippen molar-refractivity contribution in [3.8, 4) is 34.1 Å². The van der Waals surface area contributed by atoms with E-state index in [0.717, 1.165) is 23.4 Å². The summed E-state index contributed by atoms with van der Waals surface area (Å²) in [6, 6.07) is 11.8. The van der Waals surface area contributed by atoms with Gasteiger partial charge in [-0.2, -0.15) is 5.10 Å². The molecule has 5 rings (SSSR count). The molecule has 1 atom stereocenters. The Balaban J connectivity index is 1.62. The van der Waals surface area contributed by atoms with Crippen LogP contribution in [0.1, 0.15) is 25.6 Å². The lowest BCUT2D eigenvalue weighted by Gasteiger charge is -2.15. The van der Waals surface area contributed by atoms with E-state index in [-0.39, 0.29) is 6.10 Å². The van der Waals surface area contributed by atoms with Gasteiger partial charge in [0.25, 0.3) is 5.88 Å². The van der Waals surface area contributed by atoms with Gasteiger partial charge in [-0.25, -0.2) is 15.0 Å². The highest BCUT2D eigenvalue weighted by atomic mass is 16.5. The van der Waals surface area contributed by atoms with Gasteiger partial charge in [-0.1, -0.05) is 35.5 Å². The van der Waals surface area contributed by atoms with Crippen LogP contribution in [0.5, 0.6) is 11.6 Å². The zero-order chi connectivity index (χ0) is 23.7. The molecule has 0 N–H and O–H groups in total. The van der Waals surface area contributed by atoms with E-state index >= 15 is 0 Å². The lowest BCUT2D eigenvalue weighted by Crippen LogP contribution is -2.07. The Morgan fingerprint density at radius 3 is 2.62 bits per heavy atom. The Labute approximate surface area is 196 Å². The molecule has 10 heteroatoms. The van der Waals surface area contributed by atoms with E-state index < -0.39 is 0 Å². The summed E-state index contributed by atoms with van der Waals surface area (Å²) in [4.78, 5) is 13.8. The van der Waals surface area contributed by atoms with Gasteiger partial charge in [0, 0.05) is 37.0 Å². The smallest absolute Gasteiger partial charge is 0.258 e. The third-order valence-corrected chi connectivity index (χ3v) is 5.48. The van der Waals surface area contributed by atoms with Crippen molar-refractivity contribution in [1.82, 2.24) is 39.7 Å². The second-order valence-electron chi connectivity index (χ2n) is 7.78. The number of rotatable bonds is 7. The summed E-state index contributed by atoms with van der Waals surface area (Å²) >= 11 is 0. The summed E-state index contributed by atoms with van der Waals surface area (Å²) in [5, 5.41) is 13.0. The quantitative estimate of drug-likeness (QED) is 0.364. The van der Waals surface area contributed by atoms with Crippen molar-refractivity contribution in [2.45, 2.75) is 26.5 Å². The molecule has 0 fully saturated rings. The predicted molar refractivity (Wildman–Crippen MR) is 126 cm³/mol. The topological polar surface area (TPSA) is 106 Å². The van der Waals surface area contributed by atoms with Gasteiger partial charge in [-0.3, -0.25) is 9.36 Å². The summed E-state index contributed by atoms with van der Waals surface area (Å²) in [7, 11) is 3.46. The Morgan fingerprint density at radius 1 is 1.06 bits per heavy atom. The first-order valence-electron chi connectivity index (χ1n) is 10.9. The first-order chi connectivity index (χ1) is 16.6. The number of benzene rings is 1. The Bertz CT molecular complexity index is 1440. The number of hydrogen-bond acceptors (Lipinski definition) is 8. The van der Waals surface area contributed by atoms with Crippen molar-refractivity contribution in [3.63, 3.8) is 0 Å². The van der Waals surface area contributed by atoms with E-state index in [4.69, 9.17) is 14.5 Å². The van der Waals surface area contributed by atoms with E-state index in [0.29, 0.717) is 34.1 Å². The fraction of sp³-hybridized carbons (Fsp3) is 0.250. The number of fused-ring (bicyclic) bond motifs is 1. The summed E-state index contributed by atoms with van der Waals surface area (Å²) < 4.78 is 15.2. The molecule has 5 aromatic rings. The average Bonchev–Trinajstić information content (AvgIpc) is 3.50. The monoisotopic (exact) mass is 456 g/mol. The van der Waals surface area contributed by atoms with Crippen LogP contribution in [-0.4, -0.2) is 46.8 Å². The molecule has 0 amide bonds.